The molecule has 0 saturated carbocycles. The van der Waals surface area contributed by atoms with Gasteiger partial charge in [-0.15, -0.1) is 0 Å². The number of carbonyl (C=O) groups is 1. The van der Waals surface area contributed by atoms with Gasteiger partial charge < -0.3 is 5.11 Å². The monoisotopic (exact) mass is 402 g/mol. The molecule has 2 aromatic rings. The van der Waals surface area contributed by atoms with E-state index in [0.29, 0.717) is 0 Å². The summed E-state index contributed by atoms with van der Waals surface area (Å²) in [6.45, 7) is 1.06. The van der Waals surface area contributed by atoms with E-state index in [4.69, 9.17) is 5.11 Å². The zero-order chi connectivity index (χ0) is 20.0. The molecule has 0 bridgehead atoms. The molecule has 0 spiro atoms. The first-order valence-corrected chi connectivity index (χ1v) is 11.1. The molecule has 2 heterocycles. The van der Waals surface area contributed by atoms with Crippen LogP contribution in [0, 0.1) is 0 Å². The molecule has 0 atom stereocenters. The summed E-state index contributed by atoms with van der Waals surface area (Å²) < 4.78 is 3.91. The van der Waals surface area contributed by atoms with Gasteiger partial charge in [0.1, 0.15) is 6.54 Å². The Morgan fingerprint density at radius 3 is 1.61 bits per heavy atom. The minimum absolute atomic E-state index is 0.00880. The summed E-state index contributed by atoms with van der Waals surface area (Å²) in [7, 11) is 0. The second-order valence-electron chi connectivity index (χ2n) is 7.38. The van der Waals surface area contributed by atoms with Crippen molar-refractivity contribution < 1.29 is 19.0 Å². The Labute approximate surface area is 174 Å². The Bertz CT molecular complexity index is 687. The maximum Gasteiger partial charge on any atom is 0.370 e. The molecule has 0 aliphatic rings. The van der Waals surface area contributed by atoms with Crippen molar-refractivity contribution in [1.29, 1.82) is 0 Å². The van der Waals surface area contributed by atoms with Gasteiger partial charge in [-0.1, -0.05) is 38.5 Å². The first-order chi connectivity index (χ1) is 13.7. The fourth-order valence-electron chi connectivity index (χ4n) is 3.35. The van der Waals surface area contributed by atoms with Crippen molar-refractivity contribution in [1.82, 2.24) is 0 Å². The van der Waals surface area contributed by atoms with E-state index in [1.807, 2.05) is 24.5 Å². The number of nitrogens with zero attached hydrogens (tertiary/aromatic N) is 2. The van der Waals surface area contributed by atoms with Gasteiger partial charge in [-0.25, -0.2) is 9.36 Å². The van der Waals surface area contributed by atoms with E-state index in [0.717, 1.165) is 23.4 Å². The van der Waals surface area contributed by atoms with Crippen LogP contribution in [0.1, 0.15) is 57.8 Å². The summed E-state index contributed by atoms with van der Waals surface area (Å²) in [4.78, 5) is 10.7. The molecule has 2 rings (SSSR count). The Morgan fingerprint density at radius 2 is 1.14 bits per heavy atom. The molecule has 0 aliphatic heterocycles. The normalized spacial score (nSPS) is 10.9. The molecule has 28 heavy (non-hydrogen) atoms. The molecular weight excluding hydrogens is 368 g/mol. The Morgan fingerprint density at radius 1 is 0.714 bits per heavy atom. The fraction of sp³-hybridized carbons (Fsp3) is 0.522. The second kappa shape index (κ2) is 13.3. The highest BCUT2D eigenvalue weighted by Gasteiger charge is 2.08. The maximum absolute atomic E-state index is 10.7. The SMILES string of the molecule is O=C(O)C[n+]1ccc(-c2cc[n+](CCCCCCCCCCCS)cc2)cc1. The summed E-state index contributed by atoms with van der Waals surface area (Å²) >= 11 is 4.25. The molecule has 0 aliphatic carbocycles. The number of hydrogen-bond donors (Lipinski definition) is 2. The van der Waals surface area contributed by atoms with Crippen molar-refractivity contribution in [3.05, 3.63) is 49.1 Å². The topological polar surface area (TPSA) is 45.1 Å². The second-order valence-corrected chi connectivity index (χ2v) is 7.83. The van der Waals surface area contributed by atoms with Crippen molar-refractivity contribution in [3.8, 4) is 11.1 Å². The van der Waals surface area contributed by atoms with Crippen molar-refractivity contribution in [2.75, 3.05) is 5.75 Å². The lowest BCUT2D eigenvalue weighted by Gasteiger charge is -2.02. The third-order valence-corrected chi connectivity index (χ3v) is 5.32. The Kier molecular flexibility index (Phi) is 10.7. The summed E-state index contributed by atoms with van der Waals surface area (Å²) in [5.41, 5.74) is 2.25. The smallest absolute Gasteiger partial charge is 0.370 e. The van der Waals surface area contributed by atoms with Crippen molar-refractivity contribution in [3.63, 3.8) is 0 Å². The van der Waals surface area contributed by atoms with E-state index in [9.17, 15) is 4.79 Å². The van der Waals surface area contributed by atoms with Gasteiger partial charge in [0.05, 0.1) is 0 Å². The molecule has 0 fully saturated rings. The number of hydrogen-bond acceptors (Lipinski definition) is 2. The number of thiol groups is 1. The third kappa shape index (κ3) is 8.87. The van der Waals surface area contributed by atoms with Crippen LogP contribution in [0.4, 0.5) is 0 Å². The van der Waals surface area contributed by atoms with Crippen LogP contribution < -0.4 is 9.13 Å². The van der Waals surface area contributed by atoms with Gasteiger partial charge in [0.2, 0.25) is 6.54 Å². The highest BCUT2D eigenvalue weighted by Crippen LogP contribution is 2.15. The van der Waals surface area contributed by atoms with Gasteiger partial charge >= 0.3 is 5.97 Å². The van der Waals surface area contributed by atoms with Gasteiger partial charge in [-0.3, -0.25) is 0 Å². The fourth-order valence-corrected chi connectivity index (χ4v) is 3.58. The summed E-state index contributed by atoms with van der Waals surface area (Å²) in [6.07, 6.45) is 19.8. The van der Waals surface area contributed by atoms with Crippen molar-refractivity contribution >= 4 is 18.6 Å². The third-order valence-electron chi connectivity index (χ3n) is 5.01. The molecule has 0 aromatic carbocycles. The van der Waals surface area contributed by atoms with Gasteiger partial charge in [0.25, 0.3) is 0 Å². The predicted octanol–water partition coefficient (Wildman–Crippen LogP) is 4.45. The lowest BCUT2D eigenvalue weighted by molar-refractivity contribution is -0.697. The number of aliphatic carboxylic acids is 1. The summed E-state index contributed by atoms with van der Waals surface area (Å²) in [5.74, 6) is 0.194. The first-order valence-electron chi connectivity index (χ1n) is 10.5. The van der Waals surface area contributed by atoms with E-state index < -0.39 is 5.97 Å². The van der Waals surface area contributed by atoms with Crippen molar-refractivity contribution in [2.24, 2.45) is 0 Å². The van der Waals surface area contributed by atoms with Crippen LogP contribution in [0.5, 0.6) is 0 Å². The van der Waals surface area contributed by atoms with Gasteiger partial charge in [-0.05, 0) is 29.7 Å². The number of rotatable bonds is 14. The average Bonchev–Trinajstić information content (AvgIpc) is 2.70. The van der Waals surface area contributed by atoms with Gasteiger partial charge in [-0.2, -0.15) is 17.2 Å². The zero-order valence-electron chi connectivity index (χ0n) is 16.8. The van der Waals surface area contributed by atoms with Crippen LogP contribution in [0.2, 0.25) is 0 Å². The zero-order valence-corrected chi connectivity index (χ0v) is 17.7. The quantitative estimate of drug-likeness (QED) is 0.278. The van der Waals surface area contributed by atoms with E-state index in [1.165, 1.54) is 57.8 Å². The highest BCUT2D eigenvalue weighted by atomic mass is 32.1. The van der Waals surface area contributed by atoms with Crippen LogP contribution in [0.25, 0.3) is 11.1 Å². The van der Waals surface area contributed by atoms with Gasteiger partial charge in [0, 0.05) is 30.7 Å². The molecule has 152 valence electrons. The van der Waals surface area contributed by atoms with E-state index >= 15 is 0 Å². The number of carboxylic acid groups (broad SMARTS) is 1. The number of pyridine rings is 2. The van der Waals surface area contributed by atoms with Crippen LogP contribution in [0.3, 0.4) is 0 Å². The summed E-state index contributed by atoms with van der Waals surface area (Å²) in [5, 5.41) is 8.83. The van der Waals surface area contributed by atoms with E-state index in [-0.39, 0.29) is 6.54 Å². The number of aromatic nitrogens is 2. The molecule has 4 nitrogen and oxygen atoms in total. The number of unbranched alkanes of at least 4 members (excludes halogenated alkanes) is 8. The lowest BCUT2D eigenvalue weighted by atomic mass is 10.1. The number of aryl methyl sites for hydroxylation is 1. The predicted molar refractivity (Wildman–Crippen MR) is 115 cm³/mol. The molecule has 0 amide bonds. The molecule has 1 N–H and O–H groups in total. The van der Waals surface area contributed by atoms with E-state index in [2.05, 4.69) is 41.7 Å². The van der Waals surface area contributed by atoms with Crippen LogP contribution in [-0.4, -0.2) is 16.8 Å². The highest BCUT2D eigenvalue weighted by molar-refractivity contribution is 7.80. The minimum Gasteiger partial charge on any atom is -0.477 e. The molecule has 5 heteroatoms. The summed E-state index contributed by atoms with van der Waals surface area (Å²) in [6, 6.07) is 8.17. The molecule has 2 aromatic heterocycles. The van der Waals surface area contributed by atoms with Crippen LogP contribution >= 0.6 is 12.6 Å². The van der Waals surface area contributed by atoms with Crippen molar-refractivity contribution in [2.45, 2.75) is 70.9 Å². The standard InChI is InChI=1S/C23H32N2O2S/c26-23(27)20-25-17-12-22(13-18-25)21-10-15-24(16-11-21)14-8-6-4-2-1-3-5-7-9-19-28/h10-13,15-18H,1-9,14,19-20H2/p+2. The number of carboxylic acids is 1. The van der Waals surface area contributed by atoms with Crippen LogP contribution in [-0.2, 0) is 17.9 Å². The average molecular weight is 403 g/mol. The minimum atomic E-state index is -0.831. The molecule has 0 saturated heterocycles. The largest absolute Gasteiger partial charge is 0.477 e. The Hall–Kier alpha value is -1.88. The maximum atomic E-state index is 10.7. The Balaban J connectivity index is 1.64. The van der Waals surface area contributed by atoms with E-state index in [1.54, 1.807) is 4.57 Å². The van der Waals surface area contributed by atoms with Gasteiger partial charge in [0.15, 0.2) is 24.8 Å². The molecule has 0 unspecified atom stereocenters. The lowest BCUT2D eigenvalue weighted by Crippen LogP contribution is -2.36. The van der Waals surface area contributed by atoms with Crippen LogP contribution in [0.15, 0.2) is 49.1 Å². The molecule has 0 radical (unpaired) electrons. The molecular formula is C23H34N2O2S+2. The first kappa shape index (κ1) is 22.4.